The van der Waals surface area contributed by atoms with Crippen LogP contribution in [0.2, 0.25) is 0 Å². The van der Waals surface area contributed by atoms with Gasteiger partial charge in [-0.15, -0.1) is 11.3 Å². The van der Waals surface area contributed by atoms with Crippen molar-refractivity contribution in [3.63, 3.8) is 0 Å². The van der Waals surface area contributed by atoms with Crippen molar-refractivity contribution >= 4 is 33.1 Å². The Morgan fingerprint density at radius 1 is 1.05 bits per heavy atom. The smallest absolute Gasteiger partial charge is 0.343 e. The number of rotatable bonds is 7. The van der Waals surface area contributed by atoms with E-state index in [1.807, 2.05) is 24.3 Å². The van der Waals surface area contributed by atoms with Crippen molar-refractivity contribution in [2.24, 2.45) is 5.73 Å². The second kappa shape index (κ2) is 10.5. The number of hydrogen-bond acceptors (Lipinski definition) is 11. The maximum atomic E-state index is 13.4. The van der Waals surface area contributed by atoms with Crippen LogP contribution in [0, 0.1) is 21.4 Å². The van der Waals surface area contributed by atoms with Crippen LogP contribution in [-0.4, -0.2) is 32.2 Å². The number of allylic oxidation sites excluding steroid dienone is 1. The number of carbonyl (C=O) groups excluding carboxylic acids is 1. The average Bonchev–Trinajstić information content (AvgIpc) is 3.33. The van der Waals surface area contributed by atoms with E-state index in [0.29, 0.717) is 10.6 Å². The van der Waals surface area contributed by atoms with Gasteiger partial charge in [0.2, 0.25) is 11.6 Å². The van der Waals surface area contributed by atoms with E-state index >= 15 is 0 Å². The number of thiophene rings is 1. The first kappa shape index (κ1) is 26.3. The molecule has 2 N–H and O–H groups in total. The molecule has 1 aromatic heterocycles. The summed E-state index contributed by atoms with van der Waals surface area (Å²) >= 11 is 1.35. The molecule has 11 nitrogen and oxygen atoms in total. The number of nitro groups is 1. The van der Waals surface area contributed by atoms with Crippen molar-refractivity contribution < 1.29 is 33.4 Å². The summed E-state index contributed by atoms with van der Waals surface area (Å²) in [5.74, 6) is -0.634. The Hall–Kier alpha value is -5.28. The van der Waals surface area contributed by atoms with Crippen LogP contribution < -0.4 is 29.4 Å². The van der Waals surface area contributed by atoms with Gasteiger partial charge >= 0.3 is 5.97 Å². The molecule has 0 saturated carbocycles. The second-order valence-electron chi connectivity index (χ2n) is 8.50. The Labute approximate surface area is 231 Å². The lowest BCUT2D eigenvalue weighted by Gasteiger charge is -2.25. The fourth-order valence-corrected chi connectivity index (χ4v) is 5.78. The summed E-state index contributed by atoms with van der Waals surface area (Å²) in [6, 6.07) is 16.2. The van der Waals surface area contributed by atoms with Gasteiger partial charge in [0.25, 0.3) is 5.69 Å². The third kappa shape index (κ3) is 4.38. The van der Waals surface area contributed by atoms with Gasteiger partial charge in [-0.25, -0.2) is 4.79 Å². The fraction of sp³-hybridized carbons (Fsp3) is 0.143. The van der Waals surface area contributed by atoms with Crippen LogP contribution >= 0.6 is 11.3 Å². The highest BCUT2D eigenvalue weighted by Gasteiger charge is 2.37. The van der Waals surface area contributed by atoms with E-state index in [4.69, 9.17) is 29.4 Å². The van der Waals surface area contributed by atoms with Crippen molar-refractivity contribution in [3.05, 3.63) is 92.2 Å². The lowest BCUT2D eigenvalue weighted by Crippen LogP contribution is -2.21. The number of hydrogen-bond donors (Lipinski definition) is 1. The van der Waals surface area contributed by atoms with E-state index in [0.717, 1.165) is 10.1 Å². The standard InChI is InChI=1S/C28H21N3O8S/c1-35-20-10-14(11-21(36-2)25(20)37-3)28(32)38-19-9-8-15(31(33)34)12-17(19)23-18(13-29)27(30)39-24-16-6-4-5-7-22(16)40-26(23)24/h4-12,23H,30H2,1-3H3. The molecule has 5 rings (SSSR count). The van der Waals surface area contributed by atoms with Crippen molar-refractivity contribution in [2.75, 3.05) is 21.3 Å². The maximum absolute atomic E-state index is 13.4. The molecule has 0 fully saturated rings. The van der Waals surface area contributed by atoms with Gasteiger partial charge in [-0.1, -0.05) is 12.1 Å². The van der Waals surface area contributed by atoms with Crippen LogP contribution in [0.25, 0.3) is 10.1 Å². The van der Waals surface area contributed by atoms with Crippen LogP contribution in [0.1, 0.15) is 26.7 Å². The summed E-state index contributed by atoms with van der Waals surface area (Å²) in [7, 11) is 4.26. The molecule has 0 spiro atoms. The Morgan fingerprint density at radius 3 is 2.38 bits per heavy atom. The van der Waals surface area contributed by atoms with Crippen LogP contribution in [0.4, 0.5) is 5.69 Å². The molecule has 1 aliphatic heterocycles. The molecule has 0 bridgehead atoms. The predicted octanol–water partition coefficient (Wildman–Crippen LogP) is 5.27. The first-order valence-electron chi connectivity index (χ1n) is 11.7. The number of carbonyl (C=O) groups is 1. The lowest BCUT2D eigenvalue weighted by atomic mass is 9.87. The minimum absolute atomic E-state index is 0.000192. The van der Waals surface area contributed by atoms with Gasteiger partial charge in [0.1, 0.15) is 17.4 Å². The average molecular weight is 560 g/mol. The Kier molecular flexibility index (Phi) is 6.89. The molecule has 0 radical (unpaired) electrons. The highest BCUT2D eigenvalue weighted by Crippen LogP contribution is 2.52. The maximum Gasteiger partial charge on any atom is 0.343 e. The van der Waals surface area contributed by atoms with Crippen molar-refractivity contribution in [3.8, 4) is 34.8 Å². The molecule has 0 aliphatic carbocycles. The summed E-state index contributed by atoms with van der Waals surface area (Å²) in [5.41, 5.74) is 6.22. The normalized spacial score (nSPS) is 14.1. The minimum atomic E-state index is -0.895. The molecule has 1 aliphatic rings. The van der Waals surface area contributed by atoms with Crippen LogP contribution in [-0.2, 0) is 0 Å². The molecule has 1 unspecified atom stereocenters. The van der Waals surface area contributed by atoms with Gasteiger partial charge in [0, 0.05) is 27.8 Å². The number of ether oxygens (including phenoxy) is 5. The van der Waals surface area contributed by atoms with Crippen LogP contribution in [0.3, 0.4) is 0 Å². The molecular weight excluding hydrogens is 538 g/mol. The SMILES string of the molecule is COc1cc(C(=O)Oc2ccc([N+](=O)[O-])cc2C2C(C#N)=C(N)Oc3c2sc2ccccc32)cc(OC)c1OC. The van der Waals surface area contributed by atoms with Gasteiger partial charge in [0.15, 0.2) is 17.2 Å². The van der Waals surface area contributed by atoms with Gasteiger partial charge in [-0.05, 0) is 30.3 Å². The number of non-ortho nitro benzene ring substituents is 1. The van der Waals surface area contributed by atoms with E-state index < -0.39 is 16.8 Å². The number of esters is 1. The topological polar surface area (TPSA) is 156 Å². The number of nitriles is 1. The van der Waals surface area contributed by atoms with E-state index in [1.165, 1.54) is 63.0 Å². The Balaban J connectivity index is 1.67. The third-order valence-corrected chi connectivity index (χ3v) is 7.56. The van der Waals surface area contributed by atoms with Crippen molar-refractivity contribution in [1.82, 2.24) is 0 Å². The summed E-state index contributed by atoms with van der Waals surface area (Å²) in [6.45, 7) is 0. The number of nitrogens with zero attached hydrogens (tertiary/aromatic N) is 2. The summed E-state index contributed by atoms with van der Waals surface area (Å²) in [4.78, 5) is 25.1. The second-order valence-corrected chi connectivity index (χ2v) is 9.58. The molecule has 40 heavy (non-hydrogen) atoms. The van der Waals surface area contributed by atoms with Gasteiger partial charge in [-0.2, -0.15) is 5.26 Å². The van der Waals surface area contributed by atoms with Crippen LogP contribution in [0.5, 0.6) is 28.7 Å². The van der Waals surface area contributed by atoms with Crippen molar-refractivity contribution in [1.29, 1.82) is 5.26 Å². The molecule has 202 valence electrons. The van der Waals surface area contributed by atoms with Crippen molar-refractivity contribution in [2.45, 2.75) is 5.92 Å². The minimum Gasteiger partial charge on any atom is -0.493 e. The van der Waals surface area contributed by atoms with E-state index in [-0.39, 0.29) is 51.3 Å². The number of methoxy groups -OCH3 is 3. The molecule has 2 heterocycles. The van der Waals surface area contributed by atoms with E-state index in [9.17, 15) is 20.2 Å². The fourth-order valence-electron chi connectivity index (χ4n) is 4.52. The predicted molar refractivity (Wildman–Crippen MR) is 145 cm³/mol. The Bertz CT molecular complexity index is 1730. The van der Waals surface area contributed by atoms with E-state index in [2.05, 4.69) is 6.07 Å². The first-order valence-corrected chi connectivity index (χ1v) is 12.5. The quantitative estimate of drug-likeness (QED) is 0.137. The molecule has 0 amide bonds. The highest BCUT2D eigenvalue weighted by atomic mass is 32.1. The molecule has 12 heteroatoms. The molecule has 0 saturated heterocycles. The van der Waals surface area contributed by atoms with Gasteiger partial charge in [0.05, 0.1) is 42.6 Å². The first-order chi connectivity index (χ1) is 19.3. The third-order valence-electron chi connectivity index (χ3n) is 6.34. The number of nitrogens with two attached hydrogens (primary N) is 1. The largest absolute Gasteiger partial charge is 0.493 e. The monoisotopic (exact) mass is 559 g/mol. The number of benzene rings is 3. The highest BCUT2D eigenvalue weighted by molar-refractivity contribution is 7.19. The molecular formula is C28H21N3O8S. The molecule has 3 aromatic carbocycles. The summed E-state index contributed by atoms with van der Waals surface area (Å²) in [6.07, 6.45) is 0. The van der Waals surface area contributed by atoms with E-state index in [1.54, 1.807) is 0 Å². The number of nitro benzene ring substituents is 1. The summed E-state index contributed by atoms with van der Waals surface area (Å²) in [5, 5.41) is 22.5. The number of fused-ring (bicyclic) bond motifs is 3. The zero-order valence-electron chi connectivity index (χ0n) is 21.4. The van der Waals surface area contributed by atoms with Gasteiger partial charge in [-0.3, -0.25) is 10.1 Å². The molecule has 1 atom stereocenters. The Morgan fingerprint density at radius 2 is 1.75 bits per heavy atom. The zero-order valence-corrected chi connectivity index (χ0v) is 22.2. The zero-order chi connectivity index (χ0) is 28.6. The molecule has 4 aromatic rings. The lowest BCUT2D eigenvalue weighted by molar-refractivity contribution is -0.384. The van der Waals surface area contributed by atoms with Gasteiger partial charge < -0.3 is 29.4 Å². The van der Waals surface area contributed by atoms with Crippen LogP contribution in [0.15, 0.2) is 66.1 Å². The summed E-state index contributed by atoms with van der Waals surface area (Å²) < 4.78 is 28.5.